The summed E-state index contributed by atoms with van der Waals surface area (Å²) >= 11 is 2.97. The number of carbonyl (C=O) groups is 2. The van der Waals surface area contributed by atoms with E-state index in [2.05, 4.69) is 15.6 Å². The summed E-state index contributed by atoms with van der Waals surface area (Å²) in [7, 11) is 0. The summed E-state index contributed by atoms with van der Waals surface area (Å²) in [6.07, 6.45) is 4.53. The summed E-state index contributed by atoms with van der Waals surface area (Å²) < 4.78 is 0. The van der Waals surface area contributed by atoms with Gasteiger partial charge in [0.05, 0.1) is 5.69 Å². The van der Waals surface area contributed by atoms with E-state index in [4.69, 9.17) is 0 Å². The maximum absolute atomic E-state index is 12.0. The van der Waals surface area contributed by atoms with Crippen molar-refractivity contribution in [2.75, 3.05) is 10.6 Å². The Balaban J connectivity index is 1.46. The van der Waals surface area contributed by atoms with Gasteiger partial charge in [0.25, 0.3) is 0 Å². The predicted octanol–water partition coefficient (Wildman–Crippen LogP) is 4.41. The van der Waals surface area contributed by atoms with E-state index in [1.807, 2.05) is 41.1 Å². The predicted molar refractivity (Wildman–Crippen MR) is 106 cm³/mol. The largest absolute Gasteiger partial charge is 0.326 e. The van der Waals surface area contributed by atoms with Crippen LogP contribution in [-0.2, 0) is 16.0 Å². The number of thiazole rings is 1. The van der Waals surface area contributed by atoms with Crippen LogP contribution in [0.4, 0.5) is 10.8 Å². The lowest BCUT2D eigenvalue weighted by Crippen LogP contribution is -2.18. The van der Waals surface area contributed by atoms with E-state index < -0.39 is 0 Å². The number of hydrogen-bond acceptors (Lipinski definition) is 5. The minimum atomic E-state index is -0.201. The van der Waals surface area contributed by atoms with E-state index in [9.17, 15) is 9.59 Å². The molecule has 1 aliphatic rings. The van der Waals surface area contributed by atoms with Crippen molar-refractivity contribution in [1.82, 2.24) is 4.98 Å². The Kier molecular flexibility index (Phi) is 4.64. The van der Waals surface area contributed by atoms with E-state index in [0.29, 0.717) is 11.6 Å². The molecule has 130 valence electrons. The van der Waals surface area contributed by atoms with Gasteiger partial charge in [-0.05, 0) is 41.6 Å². The molecule has 0 bridgehead atoms. The minimum Gasteiger partial charge on any atom is -0.326 e. The van der Waals surface area contributed by atoms with Gasteiger partial charge >= 0.3 is 0 Å². The van der Waals surface area contributed by atoms with Crippen molar-refractivity contribution in [3.05, 3.63) is 57.6 Å². The number of nitrogens with zero attached hydrogens (tertiary/aromatic N) is 1. The molecule has 1 aromatic carbocycles. The zero-order valence-corrected chi connectivity index (χ0v) is 15.3. The molecule has 3 heterocycles. The summed E-state index contributed by atoms with van der Waals surface area (Å²) in [5.74, 6) is -0.146. The van der Waals surface area contributed by atoms with E-state index >= 15 is 0 Å². The van der Waals surface area contributed by atoms with Crippen LogP contribution in [0.1, 0.15) is 16.9 Å². The first-order valence-corrected chi connectivity index (χ1v) is 9.84. The van der Waals surface area contributed by atoms with Crippen molar-refractivity contribution in [1.29, 1.82) is 0 Å². The average Bonchev–Trinajstić information content (AvgIpc) is 3.31. The number of nitrogens with one attached hydrogen (secondary N) is 2. The van der Waals surface area contributed by atoms with Gasteiger partial charge in [-0.1, -0.05) is 12.1 Å². The molecule has 0 radical (unpaired) electrons. The van der Waals surface area contributed by atoms with Gasteiger partial charge in [0.2, 0.25) is 11.8 Å². The topological polar surface area (TPSA) is 71.1 Å². The first-order chi connectivity index (χ1) is 12.7. The standard InChI is InChI=1S/C19H15N3O2S2/c23-17-7-4-12-10-13(3-6-15(12)20-17)16-11-26-19(21-16)22-18(24)8-5-14-2-1-9-25-14/h1-3,5-6,8-11H,4,7H2,(H,20,23)(H,21,22,24)/b8-5+. The van der Waals surface area contributed by atoms with Crippen molar-refractivity contribution in [3.63, 3.8) is 0 Å². The van der Waals surface area contributed by atoms with Crippen LogP contribution in [0.3, 0.4) is 0 Å². The summed E-state index contributed by atoms with van der Waals surface area (Å²) in [4.78, 5) is 29.0. The second-order valence-corrected chi connectivity index (χ2v) is 7.63. The van der Waals surface area contributed by atoms with Crippen LogP contribution in [0, 0.1) is 0 Å². The highest BCUT2D eigenvalue weighted by molar-refractivity contribution is 7.14. The molecule has 2 aromatic heterocycles. The highest BCUT2D eigenvalue weighted by atomic mass is 32.1. The van der Waals surface area contributed by atoms with Crippen LogP contribution in [0.5, 0.6) is 0 Å². The molecule has 0 saturated heterocycles. The Morgan fingerprint density at radius 3 is 3.00 bits per heavy atom. The number of rotatable bonds is 4. The molecule has 1 aliphatic heterocycles. The molecular formula is C19H15N3O2S2. The Labute approximate surface area is 158 Å². The Morgan fingerprint density at radius 1 is 1.23 bits per heavy atom. The van der Waals surface area contributed by atoms with Gasteiger partial charge in [0.15, 0.2) is 5.13 Å². The van der Waals surface area contributed by atoms with E-state index in [1.165, 1.54) is 17.4 Å². The molecule has 0 fully saturated rings. The molecule has 0 unspecified atom stereocenters. The van der Waals surface area contributed by atoms with Crippen molar-refractivity contribution >= 4 is 51.4 Å². The third kappa shape index (κ3) is 3.74. The normalized spacial score (nSPS) is 13.5. The molecule has 26 heavy (non-hydrogen) atoms. The summed E-state index contributed by atoms with van der Waals surface area (Å²) in [5.41, 5.74) is 3.77. The van der Waals surface area contributed by atoms with Crippen LogP contribution in [0.15, 0.2) is 47.2 Å². The number of hydrogen-bond donors (Lipinski definition) is 2. The quantitative estimate of drug-likeness (QED) is 0.658. The Hall–Kier alpha value is -2.77. The third-order valence-corrected chi connectivity index (χ3v) is 5.57. The molecular weight excluding hydrogens is 366 g/mol. The highest BCUT2D eigenvalue weighted by Gasteiger charge is 2.16. The zero-order chi connectivity index (χ0) is 17.9. The fraction of sp³-hybridized carbons (Fsp3) is 0.105. The fourth-order valence-electron chi connectivity index (χ4n) is 2.70. The average molecular weight is 381 g/mol. The van der Waals surface area contributed by atoms with E-state index in [1.54, 1.807) is 17.4 Å². The molecule has 0 aliphatic carbocycles. The van der Waals surface area contributed by atoms with Crippen molar-refractivity contribution < 1.29 is 9.59 Å². The molecule has 2 N–H and O–H groups in total. The zero-order valence-electron chi connectivity index (χ0n) is 13.7. The van der Waals surface area contributed by atoms with Crippen LogP contribution >= 0.6 is 22.7 Å². The van der Waals surface area contributed by atoms with Gasteiger partial charge in [-0.3, -0.25) is 14.9 Å². The third-order valence-electron chi connectivity index (χ3n) is 3.97. The molecule has 3 aromatic rings. The Bertz CT molecular complexity index is 990. The number of benzene rings is 1. The van der Waals surface area contributed by atoms with Gasteiger partial charge in [-0.25, -0.2) is 4.98 Å². The number of anilines is 2. The van der Waals surface area contributed by atoms with Crippen molar-refractivity contribution in [2.45, 2.75) is 12.8 Å². The second-order valence-electron chi connectivity index (χ2n) is 5.80. The number of thiophene rings is 1. The highest BCUT2D eigenvalue weighted by Crippen LogP contribution is 2.30. The van der Waals surface area contributed by atoms with E-state index in [-0.39, 0.29) is 11.8 Å². The van der Waals surface area contributed by atoms with Crippen molar-refractivity contribution in [2.24, 2.45) is 0 Å². The van der Waals surface area contributed by atoms with Crippen LogP contribution in [0.2, 0.25) is 0 Å². The SMILES string of the molecule is O=C(/C=C/c1cccs1)Nc1nc(-c2ccc3c(c2)CCC(=O)N3)cs1. The number of aryl methyl sites for hydroxylation is 1. The van der Waals surface area contributed by atoms with Crippen LogP contribution < -0.4 is 10.6 Å². The lowest BCUT2D eigenvalue weighted by atomic mass is 9.99. The van der Waals surface area contributed by atoms with Crippen LogP contribution in [0.25, 0.3) is 17.3 Å². The lowest BCUT2D eigenvalue weighted by Gasteiger charge is -2.17. The number of carbonyl (C=O) groups excluding carboxylic acids is 2. The maximum atomic E-state index is 12.0. The monoisotopic (exact) mass is 381 g/mol. The molecule has 5 nitrogen and oxygen atoms in total. The summed E-state index contributed by atoms with van der Waals surface area (Å²) in [5, 5.41) is 10.1. The Morgan fingerprint density at radius 2 is 2.15 bits per heavy atom. The smallest absolute Gasteiger partial charge is 0.250 e. The van der Waals surface area contributed by atoms with Gasteiger partial charge < -0.3 is 5.32 Å². The van der Waals surface area contributed by atoms with Crippen LogP contribution in [-0.4, -0.2) is 16.8 Å². The first-order valence-electron chi connectivity index (χ1n) is 8.08. The number of aromatic nitrogens is 1. The molecule has 7 heteroatoms. The van der Waals surface area contributed by atoms with Crippen molar-refractivity contribution in [3.8, 4) is 11.3 Å². The summed E-state index contributed by atoms with van der Waals surface area (Å²) in [6.45, 7) is 0. The summed E-state index contributed by atoms with van der Waals surface area (Å²) in [6, 6.07) is 9.78. The first kappa shape index (κ1) is 16.7. The number of fused-ring (bicyclic) bond motifs is 1. The fourth-order valence-corrected chi connectivity index (χ4v) is 4.04. The van der Waals surface area contributed by atoms with Gasteiger partial charge in [-0.2, -0.15) is 0 Å². The molecule has 2 amide bonds. The lowest BCUT2D eigenvalue weighted by molar-refractivity contribution is -0.116. The van der Waals surface area contributed by atoms with Gasteiger partial charge in [-0.15, -0.1) is 22.7 Å². The maximum Gasteiger partial charge on any atom is 0.250 e. The molecule has 4 rings (SSSR count). The molecule has 0 saturated carbocycles. The van der Waals surface area contributed by atoms with E-state index in [0.717, 1.165) is 33.8 Å². The van der Waals surface area contributed by atoms with Gasteiger partial charge in [0, 0.05) is 34.0 Å². The number of amides is 2. The minimum absolute atomic E-state index is 0.0551. The van der Waals surface area contributed by atoms with Gasteiger partial charge in [0.1, 0.15) is 0 Å². The molecule has 0 atom stereocenters. The molecule has 0 spiro atoms. The second kappa shape index (κ2) is 7.23.